The van der Waals surface area contributed by atoms with Crippen molar-refractivity contribution >= 4 is 0 Å². The van der Waals surface area contributed by atoms with Crippen LogP contribution in [0.3, 0.4) is 0 Å². The van der Waals surface area contributed by atoms with E-state index in [1.54, 1.807) is 0 Å². The number of benzene rings is 1. The fraction of sp³-hybridized carbons (Fsp3) is 0.611. The smallest absolute Gasteiger partial charge is 0.110 e. The van der Waals surface area contributed by atoms with Gasteiger partial charge in [0.05, 0.1) is 6.07 Å². The molecular weight excluding hydrogens is 244 g/mol. The zero-order valence-corrected chi connectivity index (χ0v) is 12.9. The second-order valence-electron chi connectivity index (χ2n) is 6.66. The molecule has 1 aromatic rings. The van der Waals surface area contributed by atoms with Crippen molar-refractivity contribution < 1.29 is 0 Å². The number of nitrogens with one attached hydrogen (secondary N) is 1. The largest absolute Gasteiger partial charge is 0.295 e. The fourth-order valence-electron chi connectivity index (χ4n) is 3.64. The van der Waals surface area contributed by atoms with Crippen molar-refractivity contribution in [1.29, 1.82) is 5.26 Å². The molecule has 1 saturated carbocycles. The van der Waals surface area contributed by atoms with E-state index in [1.807, 2.05) is 6.07 Å². The quantitative estimate of drug-likeness (QED) is 0.893. The van der Waals surface area contributed by atoms with E-state index in [0.29, 0.717) is 17.8 Å². The molecular formula is C18H26N2. The Bertz CT molecular complexity index is 460. The molecule has 0 radical (unpaired) electrons. The van der Waals surface area contributed by atoms with Crippen molar-refractivity contribution in [3.8, 4) is 6.07 Å². The minimum absolute atomic E-state index is 0.359. The molecule has 0 aliphatic heterocycles. The molecule has 1 aromatic carbocycles. The Morgan fingerprint density at radius 3 is 2.60 bits per heavy atom. The van der Waals surface area contributed by atoms with Crippen LogP contribution < -0.4 is 5.32 Å². The Balaban J connectivity index is 2.15. The fourth-order valence-corrected chi connectivity index (χ4v) is 3.64. The van der Waals surface area contributed by atoms with E-state index in [2.05, 4.69) is 56.4 Å². The van der Waals surface area contributed by atoms with Gasteiger partial charge < -0.3 is 0 Å². The SMILES string of the molecule is CC1CCC(C(C)C)C(C#N)(NCc2ccccc2)C1. The van der Waals surface area contributed by atoms with E-state index >= 15 is 0 Å². The first kappa shape index (κ1) is 15.1. The van der Waals surface area contributed by atoms with Crippen LogP contribution in [-0.2, 0) is 6.54 Å². The van der Waals surface area contributed by atoms with Crippen LogP contribution in [0.25, 0.3) is 0 Å². The second kappa shape index (κ2) is 6.41. The zero-order chi connectivity index (χ0) is 14.6. The second-order valence-corrected chi connectivity index (χ2v) is 6.66. The van der Waals surface area contributed by atoms with Gasteiger partial charge in [-0.2, -0.15) is 5.26 Å². The summed E-state index contributed by atoms with van der Waals surface area (Å²) in [7, 11) is 0. The summed E-state index contributed by atoms with van der Waals surface area (Å²) in [5.74, 6) is 1.63. The van der Waals surface area contributed by atoms with Gasteiger partial charge in [0, 0.05) is 6.54 Å². The molecule has 0 heterocycles. The van der Waals surface area contributed by atoms with Crippen LogP contribution in [0.2, 0.25) is 0 Å². The zero-order valence-electron chi connectivity index (χ0n) is 12.9. The molecule has 0 bridgehead atoms. The summed E-state index contributed by atoms with van der Waals surface area (Å²) in [4.78, 5) is 0. The highest BCUT2D eigenvalue weighted by molar-refractivity contribution is 5.18. The maximum absolute atomic E-state index is 9.84. The molecule has 3 unspecified atom stereocenters. The van der Waals surface area contributed by atoms with Crippen LogP contribution in [0.5, 0.6) is 0 Å². The topological polar surface area (TPSA) is 35.8 Å². The average molecular weight is 270 g/mol. The molecule has 2 rings (SSSR count). The lowest BCUT2D eigenvalue weighted by Gasteiger charge is -2.44. The standard InChI is InChI=1S/C18H26N2/c1-14(2)17-10-9-15(3)11-18(17,13-19)20-12-16-7-5-4-6-8-16/h4-8,14-15,17,20H,9-12H2,1-3H3. The molecule has 108 valence electrons. The molecule has 20 heavy (non-hydrogen) atoms. The Labute approximate surface area is 123 Å². The summed E-state index contributed by atoms with van der Waals surface area (Å²) >= 11 is 0. The van der Waals surface area contributed by atoms with Crippen molar-refractivity contribution in [2.24, 2.45) is 17.8 Å². The Morgan fingerprint density at radius 1 is 1.30 bits per heavy atom. The van der Waals surface area contributed by atoms with Crippen LogP contribution >= 0.6 is 0 Å². The van der Waals surface area contributed by atoms with E-state index in [9.17, 15) is 5.26 Å². The predicted octanol–water partition coefficient (Wildman–Crippen LogP) is 4.13. The molecule has 1 N–H and O–H groups in total. The van der Waals surface area contributed by atoms with Gasteiger partial charge in [-0.1, -0.05) is 57.5 Å². The van der Waals surface area contributed by atoms with Gasteiger partial charge in [-0.3, -0.25) is 5.32 Å². The van der Waals surface area contributed by atoms with Crippen LogP contribution in [0.1, 0.15) is 45.6 Å². The lowest BCUT2D eigenvalue weighted by Crippen LogP contribution is -2.54. The Morgan fingerprint density at radius 2 is 2.00 bits per heavy atom. The normalized spacial score (nSPS) is 30.1. The van der Waals surface area contributed by atoms with E-state index in [4.69, 9.17) is 0 Å². The van der Waals surface area contributed by atoms with Crippen LogP contribution in [0.4, 0.5) is 0 Å². The van der Waals surface area contributed by atoms with Crippen LogP contribution in [-0.4, -0.2) is 5.54 Å². The van der Waals surface area contributed by atoms with Crippen molar-refractivity contribution in [3.63, 3.8) is 0 Å². The van der Waals surface area contributed by atoms with E-state index in [-0.39, 0.29) is 5.54 Å². The molecule has 1 aliphatic carbocycles. The van der Waals surface area contributed by atoms with Crippen LogP contribution in [0, 0.1) is 29.1 Å². The highest BCUT2D eigenvalue weighted by Gasteiger charge is 2.44. The molecule has 3 atom stereocenters. The highest BCUT2D eigenvalue weighted by atomic mass is 15.0. The van der Waals surface area contributed by atoms with Gasteiger partial charge in [0.1, 0.15) is 5.54 Å². The minimum Gasteiger partial charge on any atom is -0.295 e. The number of nitriles is 1. The molecule has 2 heteroatoms. The molecule has 1 aliphatic rings. The molecule has 0 saturated heterocycles. The summed E-state index contributed by atoms with van der Waals surface area (Å²) in [5, 5.41) is 13.4. The monoisotopic (exact) mass is 270 g/mol. The number of hydrogen-bond acceptors (Lipinski definition) is 2. The lowest BCUT2D eigenvalue weighted by molar-refractivity contribution is 0.117. The van der Waals surface area contributed by atoms with Gasteiger partial charge in [0.15, 0.2) is 0 Å². The summed E-state index contributed by atoms with van der Waals surface area (Å²) in [6, 6.07) is 13.0. The van der Waals surface area contributed by atoms with Gasteiger partial charge in [0.2, 0.25) is 0 Å². The third-order valence-corrected chi connectivity index (χ3v) is 4.73. The van der Waals surface area contributed by atoms with Gasteiger partial charge >= 0.3 is 0 Å². The van der Waals surface area contributed by atoms with Crippen molar-refractivity contribution in [2.45, 2.75) is 52.1 Å². The lowest BCUT2D eigenvalue weighted by atomic mass is 9.65. The first-order chi connectivity index (χ1) is 9.57. The van der Waals surface area contributed by atoms with Gasteiger partial charge in [-0.05, 0) is 36.2 Å². The molecule has 0 spiro atoms. The number of rotatable bonds is 4. The first-order valence-electron chi connectivity index (χ1n) is 7.77. The molecule has 1 fully saturated rings. The number of nitrogens with zero attached hydrogens (tertiary/aromatic N) is 1. The maximum atomic E-state index is 9.84. The summed E-state index contributed by atoms with van der Waals surface area (Å²) in [5.41, 5.74) is 0.893. The Hall–Kier alpha value is -1.33. The van der Waals surface area contributed by atoms with E-state index < -0.39 is 0 Å². The highest BCUT2D eigenvalue weighted by Crippen LogP contribution is 2.40. The molecule has 0 amide bonds. The van der Waals surface area contributed by atoms with E-state index in [0.717, 1.165) is 19.4 Å². The van der Waals surface area contributed by atoms with Crippen molar-refractivity contribution in [2.75, 3.05) is 0 Å². The van der Waals surface area contributed by atoms with Gasteiger partial charge in [-0.15, -0.1) is 0 Å². The Kier molecular flexibility index (Phi) is 4.83. The molecule has 0 aromatic heterocycles. The number of hydrogen-bond donors (Lipinski definition) is 1. The van der Waals surface area contributed by atoms with Gasteiger partial charge in [-0.25, -0.2) is 0 Å². The van der Waals surface area contributed by atoms with Crippen molar-refractivity contribution in [1.82, 2.24) is 5.32 Å². The van der Waals surface area contributed by atoms with E-state index in [1.165, 1.54) is 12.0 Å². The summed E-state index contributed by atoms with van der Waals surface area (Å²) in [6.45, 7) is 7.55. The van der Waals surface area contributed by atoms with Crippen molar-refractivity contribution in [3.05, 3.63) is 35.9 Å². The first-order valence-corrected chi connectivity index (χ1v) is 7.77. The van der Waals surface area contributed by atoms with Crippen LogP contribution in [0.15, 0.2) is 30.3 Å². The average Bonchev–Trinajstić information content (AvgIpc) is 2.46. The summed E-state index contributed by atoms with van der Waals surface area (Å²) < 4.78 is 0. The maximum Gasteiger partial charge on any atom is 0.110 e. The third kappa shape index (κ3) is 3.22. The summed E-state index contributed by atoms with van der Waals surface area (Å²) in [6.07, 6.45) is 3.38. The minimum atomic E-state index is -0.359. The van der Waals surface area contributed by atoms with Gasteiger partial charge in [0.25, 0.3) is 0 Å². The molecule has 2 nitrogen and oxygen atoms in total. The third-order valence-electron chi connectivity index (χ3n) is 4.73. The predicted molar refractivity (Wildman–Crippen MR) is 83.0 cm³/mol.